The van der Waals surface area contributed by atoms with Crippen LogP contribution in [0.4, 0.5) is 0 Å². The standard InChI is InChI=1S/C30H49N5O2/c1-4-17-35-28(36)25(20-23-11-7-5-8-12-23)31-29(37)30(35)15-18-34(19-16-30)27(24-13-9-6-10-14-24)26-21(2)32-33-22(26)3/h23-25,27H,4-20H2,1-3H3,(H,31,37)(H,32,33)/t25-,27?/m0/s1. The third-order valence-electron chi connectivity index (χ3n) is 10.1. The van der Waals surface area contributed by atoms with E-state index in [-0.39, 0.29) is 17.9 Å². The van der Waals surface area contributed by atoms with Gasteiger partial charge in [0.1, 0.15) is 11.6 Å². The van der Waals surface area contributed by atoms with Gasteiger partial charge in [-0.05, 0) is 64.2 Å². The van der Waals surface area contributed by atoms with E-state index >= 15 is 0 Å². The average Bonchev–Trinajstić information content (AvgIpc) is 3.25. The zero-order chi connectivity index (χ0) is 26.0. The Labute approximate surface area is 223 Å². The third-order valence-corrected chi connectivity index (χ3v) is 10.1. The lowest BCUT2D eigenvalue weighted by molar-refractivity contribution is -0.162. The van der Waals surface area contributed by atoms with Gasteiger partial charge in [0.2, 0.25) is 11.8 Å². The maximum Gasteiger partial charge on any atom is 0.246 e. The Morgan fingerprint density at radius 1 is 0.973 bits per heavy atom. The second-order valence-corrected chi connectivity index (χ2v) is 12.5. The predicted octanol–water partition coefficient (Wildman–Crippen LogP) is 5.19. The van der Waals surface area contributed by atoms with Crippen molar-refractivity contribution in [2.24, 2.45) is 11.8 Å². The van der Waals surface area contributed by atoms with Gasteiger partial charge in [0.15, 0.2) is 0 Å². The number of carbonyl (C=O) groups excluding carboxylic acids is 2. The summed E-state index contributed by atoms with van der Waals surface area (Å²) in [6.07, 6.45) is 15.8. The van der Waals surface area contributed by atoms with Crippen LogP contribution in [-0.2, 0) is 9.59 Å². The quantitative estimate of drug-likeness (QED) is 0.528. The number of hydrogen-bond donors (Lipinski definition) is 2. The van der Waals surface area contributed by atoms with Gasteiger partial charge in [-0.25, -0.2) is 0 Å². The minimum atomic E-state index is -0.690. The topological polar surface area (TPSA) is 81.3 Å². The average molecular weight is 512 g/mol. The zero-order valence-corrected chi connectivity index (χ0v) is 23.5. The number of hydrogen-bond acceptors (Lipinski definition) is 4. The Morgan fingerprint density at radius 2 is 1.62 bits per heavy atom. The normalized spacial score (nSPS) is 27.0. The van der Waals surface area contributed by atoms with Crippen LogP contribution >= 0.6 is 0 Å². The van der Waals surface area contributed by atoms with Crippen molar-refractivity contribution in [3.63, 3.8) is 0 Å². The van der Waals surface area contributed by atoms with Crippen molar-refractivity contribution in [1.82, 2.24) is 25.3 Å². The van der Waals surface area contributed by atoms with Gasteiger partial charge in [0.05, 0.1) is 5.69 Å². The number of carbonyl (C=O) groups is 2. The van der Waals surface area contributed by atoms with E-state index in [1.165, 1.54) is 75.5 Å². The van der Waals surface area contributed by atoms with Gasteiger partial charge in [0, 0.05) is 36.9 Å². The van der Waals surface area contributed by atoms with Gasteiger partial charge in [-0.2, -0.15) is 5.10 Å². The van der Waals surface area contributed by atoms with Gasteiger partial charge in [-0.15, -0.1) is 0 Å². The fraction of sp³-hybridized carbons (Fsp3) is 0.833. The Morgan fingerprint density at radius 3 is 2.22 bits per heavy atom. The Balaban J connectivity index is 1.34. The second-order valence-electron chi connectivity index (χ2n) is 12.5. The molecule has 1 aromatic rings. The smallest absolute Gasteiger partial charge is 0.246 e. The molecule has 2 aliphatic carbocycles. The van der Waals surface area contributed by atoms with Crippen molar-refractivity contribution in [2.75, 3.05) is 19.6 Å². The summed E-state index contributed by atoms with van der Waals surface area (Å²) in [5.74, 6) is 1.48. The summed E-state index contributed by atoms with van der Waals surface area (Å²) < 4.78 is 0. The molecule has 2 saturated carbocycles. The Bertz CT molecular complexity index is 918. The van der Waals surface area contributed by atoms with Crippen molar-refractivity contribution in [3.8, 4) is 0 Å². The summed E-state index contributed by atoms with van der Waals surface area (Å²) in [5, 5.41) is 11.0. The number of aromatic amines is 1. The highest BCUT2D eigenvalue weighted by molar-refractivity contribution is 6.00. The molecule has 7 heteroatoms. The summed E-state index contributed by atoms with van der Waals surface area (Å²) in [4.78, 5) is 32.3. The maximum atomic E-state index is 13.8. The Kier molecular flexibility index (Phi) is 8.28. The lowest BCUT2D eigenvalue weighted by atomic mass is 9.76. The van der Waals surface area contributed by atoms with Gasteiger partial charge >= 0.3 is 0 Å². The molecule has 7 nitrogen and oxygen atoms in total. The SMILES string of the molecule is CCCN1C(=O)[C@H](CC2CCCCC2)NC(=O)C12CCN(C(c1c(C)n[nH]c1C)C1CCCCC1)CC2. The number of piperazine rings is 1. The first-order valence-corrected chi connectivity index (χ1v) is 15.3. The first kappa shape index (κ1) is 26.7. The third kappa shape index (κ3) is 5.22. The van der Waals surface area contributed by atoms with E-state index in [9.17, 15) is 9.59 Å². The number of amides is 2. The molecule has 4 fully saturated rings. The number of rotatable bonds is 7. The fourth-order valence-corrected chi connectivity index (χ4v) is 8.17. The molecule has 37 heavy (non-hydrogen) atoms. The molecule has 1 aromatic heterocycles. The number of piperidine rings is 1. The molecule has 206 valence electrons. The molecule has 5 rings (SSSR count). The van der Waals surface area contributed by atoms with Gasteiger partial charge in [0.25, 0.3) is 0 Å². The summed E-state index contributed by atoms with van der Waals surface area (Å²) in [6.45, 7) is 8.78. The highest BCUT2D eigenvalue weighted by Crippen LogP contribution is 2.44. The lowest BCUT2D eigenvalue weighted by Crippen LogP contribution is -2.73. The van der Waals surface area contributed by atoms with Crippen LogP contribution in [0.5, 0.6) is 0 Å². The van der Waals surface area contributed by atoms with E-state index in [2.05, 4.69) is 41.2 Å². The van der Waals surface area contributed by atoms with Crippen molar-refractivity contribution in [1.29, 1.82) is 0 Å². The summed E-state index contributed by atoms with van der Waals surface area (Å²) in [7, 11) is 0. The summed E-state index contributed by atoms with van der Waals surface area (Å²) >= 11 is 0. The molecule has 0 bridgehead atoms. The molecule has 0 aromatic carbocycles. The number of aromatic nitrogens is 2. The molecule has 1 unspecified atom stereocenters. The van der Waals surface area contributed by atoms with E-state index in [1.54, 1.807) is 0 Å². The molecular formula is C30H49N5O2. The summed E-state index contributed by atoms with van der Waals surface area (Å²) in [5.41, 5.74) is 2.96. The first-order valence-electron chi connectivity index (χ1n) is 15.3. The van der Waals surface area contributed by atoms with Gasteiger partial charge in [-0.1, -0.05) is 58.3 Å². The molecule has 1 spiro atoms. The fourth-order valence-electron chi connectivity index (χ4n) is 8.17. The zero-order valence-electron chi connectivity index (χ0n) is 23.5. The van der Waals surface area contributed by atoms with Crippen molar-refractivity contribution < 1.29 is 9.59 Å². The molecule has 2 N–H and O–H groups in total. The van der Waals surface area contributed by atoms with E-state index < -0.39 is 5.54 Å². The van der Waals surface area contributed by atoms with Crippen LogP contribution in [0.1, 0.15) is 120 Å². The van der Waals surface area contributed by atoms with E-state index in [4.69, 9.17) is 0 Å². The molecule has 4 aliphatic rings. The number of likely N-dealkylation sites (tertiary alicyclic amines) is 1. The second kappa shape index (κ2) is 11.5. The van der Waals surface area contributed by atoms with Crippen LogP contribution in [0, 0.1) is 25.7 Å². The molecule has 0 radical (unpaired) electrons. The Hall–Kier alpha value is -1.89. The van der Waals surface area contributed by atoms with Gasteiger partial charge < -0.3 is 10.2 Å². The molecule has 2 amide bonds. The van der Waals surface area contributed by atoms with E-state index in [0.717, 1.165) is 44.5 Å². The number of nitrogens with zero attached hydrogens (tertiary/aromatic N) is 3. The van der Waals surface area contributed by atoms with E-state index in [1.807, 2.05) is 4.90 Å². The molecule has 2 saturated heterocycles. The largest absolute Gasteiger partial charge is 0.342 e. The van der Waals surface area contributed by atoms with E-state index in [0.29, 0.717) is 24.4 Å². The van der Waals surface area contributed by atoms with Crippen LogP contribution in [0.25, 0.3) is 0 Å². The van der Waals surface area contributed by atoms with Crippen LogP contribution in [0.15, 0.2) is 0 Å². The molecule has 3 heterocycles. The van der Waals surface area contributed by atoms with Crippen molar-refractivity contribution in [2.45, 2.75) is 128 Å². The number of nitrogens with one attached hydrogen (secondary N) is 2. The van der Waals surface area contributed by atoms with Crippen LogP contribution in [0.3, 0.4) is 0 Å². The molecule has 2 atom stereocenters. The summed E-state index contributed by atoms with van der Waals surface area (Å²) in [6, 6.07) is 0.00875. The molecule has 2 aliphatic heterocycles. The monoisotopic (exact) mass is 511 g/mol. The predicted molar refractivity (Wildman–Crippen MR) is 146 cm³/mol. The first-order chi connectivity index (χ1) is 17.9. The highest BCUT2D eigenvalue weighted by atomic mass is 16.2. The minimum Gasteiger partial charge on any atom is -0.342 e. The molecular weight excluding hydrogens is 462 g/mol. The van der Waals surface area contributed by atoms with Crippen molar-refractivity contribution >= 4 is 11.8 Å². The lowest BCUT2D eigenvalue weighted by Gasteiger charge is -2.53. The minimum absolute atomic E-state index is 0.103. The van der Waals surface area contributed by atoms with Crippen molar-refractivity contribution in [3.05, 3.63) is 17.0 Å². The van der Waals surface area contributed by atoms with Gasteiger partial charge in [-0.3, -0.25) is 19.6 Å². The van der Waals surface area contributed by atoms with Crippen LogP contribution in [0.2, 0.25) is 0 Å². The number of H-pyrrole nitrogens is 1. The maximum absolute atomic E-state index is 13.8. The van der Waals surface area contributed by atoms with Crippen LogP contribution < -0.4 is 5.32 Å². The van der Waals surface area contributed by atoms with Crippen LogP contribution in [-0.4, -0.2) is 63.0 Å². The highest BCUT2D eigenvalue weighted by Gasteiger charge is 2.54. The number of aryl methyl sites for hydroxylation is 2.